The number of anilines is 2. The van der Waals surface area contributed by atoms with Crippen LogP contribution in [0, 0.1) is 0 Å². The number of ether oxygens (including phenoxy) is 1. The molecule has 25 heavy (non-hydrogen) atoms. The summed E-state index contributed by atoms with van der Waals surface area (Å²) in [5.74, 6) is 0. The number of hydrogen-bond acceptors (Lipinski definition) is 4. The molecule has 0 radical (unpaired) electrons. The first-order chi connectivity index (χ1) is 11.9. The summed E-state index contributed by atoms with van der Waals surface area (Å²) in [6.07, 6.45) is 3.76. The van der Waals surface area contributed by atoms with E-state index in [0.717, 1.165) is 13.1 Å². The molecule has 2 saturated heterocycles. The summed E-state index contributed by atoms with van der Waals surface area (Å²) in [6, 6.07) is 8.90. The molecule has 0 aromatic heterocycles. The number of amides is 1. The zero-order valence-corrected chi connectivity index (χ0v) is 15.8. The van der Waals surface area contributed by atoms with Gasteiger partial charge in [-0.2, -0.15) is 0 Å². The third kappa shape index (κ3) is 4.80. The van der Waals surface area contributed by atoms with Crippen LogP contribution in [0.15, 0.2) is 24.3 Å². The van der Waals surface area contributed by atoms with E-state index < -0.39 is 5.60 Å². The Morgan fingerprint density at radius 3 is 1.76 bits per heavy atom. The average molecular weight is 345 g/mol. The second-order valence-corrected chi connectivity index (χ2v) is 8.02. The smallest absolute Gasteiger partial charge is 0.410 e. The molecule has 0 bridgehead atoms. The number of carbonyl (C=O) groups excluding carboxylic acids is 1. The van der Waals surface area contributed by atoms with Crippen LogP contribution in [0.1, 0.15) is 40.0 Å². The lowest BCUT2D eigenvalue weighted by Gasteiger charge is -2.37. The third-order valence-corrected chi connectivity index (χ3v) is 4.87. The van der Waals surface area contributed by atoms with Gasteiger partial charge in [-0.3, -0.25) is 0 Å². The fourth-order valence-electron chi connectivity index (χ4n) is 3.50. The monoisotopic (exact) mass is 345 g/mol. The van der Waals surface area contributed by atoms with Gasteiger partial charge in [-0.15, -0.1) is 0 Å². The highest BCUT2D eigenvalue weighted by Gasteiger charge is 2.26. The molecule has 138 valence electrons. The lowest BCUT2D eigenvalue weighted by molar-refractivity contribution is 0.0240. The molecular weight excluding hydrogens is 314 g/mol. The molecule has 2 heterocycles. The Kier molecular flexibility index (Phi) is 5.40. The van der Waals surface area contributed by atoms with Crippen molar-refractivity contribution in [2.24, 2.45) is 0 Å². The van der Waals surface area contributed by atoms with Gasteiger partial charge < -0.3 is 19.4 Å². The number of carbonyl (C=O) groups is 1. The van der Waals surface area contributed by atoms with Crippen molar-refractivity contribution in [1.82, 2.24) is 4.90 Å². The molecule has 2 aliphatic heterocycles. The van der Waals surface area contributed by atoms with E-state index in [-0.39, 0.29) is 6.09 Å². The lowest BCUT2D eigenvalue weighted by atomic mass is 10.1. The standard InChI is InChI=1S/C20H31N3O2/c1-20(2,3)25-19(24)23-15-13-22(14-16-23)18-9-7-17(8-10-18)21-11-5-4-6-12-21/h7-10H,4-6,11-16H2,1-3H3. The summed E-state index contributed by atoms with van der Waals surface area (Å²) >= 11 is 0. The molecule has 5 heteroatoms. The molecule has 1 aromatic carbocycles. The zero-order valence-electron chi connectivity index (χ0n) is 15.8. The largest absolute Gasteiger partial charge is 0.444 e. The van der Waals surface area contributed by atoms with Crippen LogP contribution >= 0.6 is 0 Å². The van der Waals surface area contributed by atoms with Crippen molar-refractivity contribution >= 4 is 17.5 Å². The van der Waals surface area contributed by atoms with Crippen molar-refractivity contribution in [2.45, 2.75) is 45.6 Å². The Morgan fingerprint density at radius 2 is 1.28 bits per heavy atom. The van der Waals surface area contributed by atoms with Crippen molar-refractivity contribution in [3.8, 4) is 0 Å². The topological polar surface area (TPSA) is 36.0 Å². The first kappa shape index (κ1) is 17.9. The minimum Gasteiger partial charge on any atom is -0.444 e. The van der Waals surface area contributed by atoms with Gasteiger partial charge in [0, 0.05) is 50.6 Å². The first-order valence-electron chi connectivity index (χ1n) is 9.50. The van der Waals surface area contributed by atoms with Gasteiger partial charge in [0.1, 0.15) is 5.60 Å². The van der Waals surface area contributed by atoms with E-state index in [9.17, 15) is 4.79 Å². The van der Waals surface area contributed by atoms with E-state index in [1.54, 1.807) is 0 Å². The normalized spacial score (nSPS) is 19.1. The minimum atomic E-state index is -0.432. The summed E-state index contributed by atoms with van der Waals surface area (Å²) in [5.41, 5.74) is 2.14. The van der Waals surface area contributed by atoms with E-state index in [4.69, 9.17) is 4.74 Å². The molecule has 2 fully saturated rings. The van der Waals surface area contributed by atoms with Gasteiger partial charge in [0.25, 0.3) is 0 Å². The van der Waals surface area contributed by atoms with Gasteiger partial charge in [0.15, 0.2) is 0 Å². The van der Waals surface area contributed by atoms with Crippen molar-refractivity contribution in [1.29, 1.82) is 0 Å². The molecule has 0 unspecified atom stereocenters. The Morgan fingerprint density at radius 1 is 0.800 bits per heavy atom. The van der Waals surface area contributed by atoms with Crippen LogP contribution in [0.3, 0.4) is 0 Å². The Balaban J connectivity index is 1.53. The highest BCUT2D eigenvalue weighted by atomic mass is 16.6. The molecule has 1 aromatic rings. The number of hydrogen-bond donors (Lipinski definition) is 0. The average Bonchev–Trinajstić information content (AvgIpc) is 2.61. The van der Waals surface area contributed by atoms with Crippen molar-refractivity contribution < 1.29 is 9.53 Å². The predicted octanol–water partition coefficient (Wildman–Crippen LogP) is 3.73. The van der Waals surface area contributed by atoms with Crippen LogP contribution < -0.4 is 9.80 Å². The fraction of sp³-hybridized carbons (Fsp3) is 0.650. The van der Waals surface area contributed by atoms with Gasteiger partial charge in [0.05, 0.1) is 0 Å². The predicted molar refractivity (Wildman–Crippen MR) is 103 cm³/mol. The Labute approximate surface area is 151 Å². The maximum Gasteiger partial charge on any atom is 0.410 e. The molecule has 5 nitrogen and oxygen atoms in total. The molecule has 0 saturated carbocycles. The molecule has 0 atom stereocenters. The molecular formula is C20H31N3O2. The number of benzene rings is 1. The zero-order chi connectivity index (χ0) is 17.9. The molecule has 0 spiro atoms. The van der Waals surface area contributed by atoms with Gasteiger partial charge in [-0.1, -0.05) is 0 Å². The van der Waals surface area contributed by atoms with E-state index in [1.165, 1.54) is 43.7 Å². The summed E-state index contributed by atoms with van der Waals surface area (Å²) in [5, 5.41) is 0. The number of rotatable bonds is 2. The van der Waals surface area contributed by atoms with Gasteiger partial charge in [0.2, 0.25) is 0 Å². The first-order valence-corrected chi connectivity index (χ1v) is 9.50. The second kappa shape index (κ2) is 7.54. The second-order valence-electron chi connectivity index (χ2n) is 8.02. The number of piperidine rings is 1. The van der Waals surface area contributed by atoms with Crippen LogP contribution in [0.2, 0.25) is 0 Å². The summed E-state index contributed by atoms with van der Waals surface area (Å²) in [4.78, 5) is 18.8. The highest BCUT2D eigenvalue weighted by molar-refractivity contribution is 5.68. The maximum atomic E-state index is 12.2. The van der Waals surface area contributed by atoms with E-state index in [0.29, 0.717) is 13.1 Å². The van der Waals surface area contributed by atoms with Crippen LogP contribution in [-0.4, -0.2) is 55.9 Å². The number of piperazine rings is 1. The van der Waals surface area contributed by atoms with E-state index in [2.05, 4.69) is 34.1 Å². The minimum absolute atomic E-state index is 0.201. The van der Waals surface area contributed by atoms with Crippen LogP contribution in [-0.2, 0) is 4.74 Å². The Bertz CT molecular complexity index is 566. The summed E-state index contributed by atoms with van der Waals surface area (Å²) in [6.45, 7) is 11.2. The van der Waals surface area contributed by atoms with Crippen LogP contribution in [0.4, 0.5) is 16.2 Å². The molecule has 0 aliphatic carbocycles. The van der Waals surface area contributed by atoms with Crippen LogP contribution in [0.25, 0.3) is 0 Å². The van der Waals surface area contributed by atoms with Crippen molar-refractivity contribution in [3.05, 3.63) is 24.3 Å². The molecule has 3 rings (SSSR count). The summed E-state index contributed by atoms with van der Waals surface area (Å²) < 4.78 is 5.46. The molecule has 0 N–H and O–H groups in total. The van der Waals surface area contributed by atoms with Gasteiger partial charge >= 0.3 is 6.09 Å². The number of nitrogens with zero attached hydrogens (tertiary/aromatic N) is 3. The maximum absolute atomic E-state index is 12.2. The SMILES string of the molecule is CC(C)(C)OC(=O)N1CCN(c2ccc(N3CCCCC3)cc2)CC1. The molecule has 2 aliphatic rings. The molecule has 1 amide bonds. The van der Waals surface area contributed by atoms with Crippen molar-refractivity contribution in [3.63, 3.8) is 0 Å². The van der Waals surface area contributed by atoms with Gasteiger partial charge in [-0.25, -0.2) is 4.79 Å². The fourth-order valence-corrected chi connectivity index (χ4v) is 3.50. The van der Waals surface area contributed by atoms with Gasteiger partial charge in [-0.05, 0) is 64.3 Å². The Hall–Kier alpha value is -1.91. The van der Waals surface area contributed by atoms with E-state index in [1.807, 2.05) is 25.7 Å². The third-order valence-electron chi connectivity index (χ3n) is 4.87. The highest BCUT2D eigenvalue weighted by Crippen LogP contribution is 2.24. The quantitative estimate of drug-likeness (QED) is 0.818. The van der Waals surface area contributed by atoms with Crippen molar-refractivity contribution in [2.75, 3.05) is 49.1 Å². The van der Waals surface area contributed by atoms with Crippen LogP contribution in [0.5, 0.6) is 0 Å². The lowest BCUT2D eigenvalue weighted by Crippen LogP contribution is -2.50. The summed E-state index contributed by atoms with van der Waals surface area (Å²) in [7, 11) is 0. The van der Waals surface area contributed by atoms with E-state index >= 15 is 0 Å².